The van der Waals surface area contributed by atoms with Crippen molar-refractivity contribution in [1.29, 1.82) is 0 Å². The van der Waals surface area contributed by atoms with E-state index in [9.17, 15) is 9.18 Å². The molecule has 8 heteroatoms. The van der Waals surface area contributed by atoms with Crippen LogP contribution in [0.4, 0.5) is 10.1 Å². The molecule has 1 N–H and O–H groups in total. The van der Waals surface area contributed by atoms with Crippen LogP contribution in [0.5, 0.6) is 17.2 Å². The molecule has 0 aliphatic rings. The van der Waals surface area contributed by atoms with Gasteiger partial charge < -0.3 is 19.5 Å². The van der Waals surface area contributed by atoms with Crippen LogP contribution in [-0.2, 0) is 11.4 Å². The van der Waals surface area contributed by atoms with Gasteiger partial charge >= 0.3 is 0 Å². The lowest BCUT2D eigenvalue weighted by molar-refractivity contribution is -0.111. The lowest BCUT2D eigenvalue weighted by Gasteiger charge is -2.14. The second-order valence-corrected chi connectivity index (χ2v) is 7.87. The molecule has 0 aromatic heterocycles. The van der Waals surface area contributed by atoms with Crippen molar-refractivity contribution in [3.8, 4) is 17.2 Å². The zero-order valence-corrected chi connectivity index (χ0v) is 19.7. The van der Waals surface area contributed by atoms with Gasteiger partial charge in [-0.2, -0.15) is 0 Å². The van der Waals surface area contributed by atoms with E-state index in [2.05, 4.69) is 21.2 Å². The van der Waals surface area contributed by atoms with E-state index < -0.39 is 0 Å². The Morgan fingerprint density at radius 1 is 1.09 bits per heavy atom. The second-order valence-electron chi connectivity index (χ2n) is 6.58. The molecule has 3 rings (SSSR count). The molecule has 0 saturated heterocycles. The van der Waals surface area contributed by atoms with Crippen LogP contribution < -0.4 is 19.5 Å². The van der Waals surface area contributed by atoms with E-state index in [0.717, 1.165) is 0 Å². The maximum Gasteiger partial charge on any atom is 0.248 e. The number of nitrogens with one attached hydrogen (secondary N) is 1. The predicted molar refractivity (Wildman–Crippen MR) is 127 cm³/mol. The molecule has 0 aliphatic heterocycles. The maximum absolute atomic E-state index is 13.9. The van der Waals surface area contributed by atoms with Crippen molar-refractivity contribution in [2.75, 3.05) is 19.5 Å². The summed E-state index contributed by atoms with van der Waals surface area (Å²) in [5.74, 6) is 0.662. The third kappa shape index (κ3) is 6.02. The highest BCUT2D eigenvalue weighted by molar-refractivity contribution is 9.10. The van der Waals surface area contributed by atoms with Crippen molar-refractivity contribution in [2.45, 2.75) is 6.61 Å². The van der Waals surface area contributed by atoms with Crippen molar-refractivity contribution in [2.24, 2.45) is 0 Å². The highest BCUT2D eigenvalue weighted by Crippen LogP contribution is 2.37. The molecule has 1 amide bonds. The average Bonchev–Trinajstić information content (AvgIpc) is 2.77. The average molecular weight is 521 g/mol. The molecule has 0 radical (unpaired) electrons. The van der Waals surface area contributed by atoms with Crippen LogP contribution in [0.1, 0.15) is 11.1 Å². The Morgan fingerprint density at radius 2 is 1.84 bits per heavy atom. The van der Waals surface area contributed by atoms with Gasteiger partial charge in [0, 0.05) is 16.7 Å². The van der Waals surface area contributed by atoms with Gasteiger partial charge in [-0.05, 0) is 64.0 Å². The Hall–Kier alpha value is -3.03. The number of amides is 1. The number of carbonyl (C=O) groups is 1. The van der Waals surface area contributed by atoms with E-state index in [1.54, 1.807) is 54.6 Å². The molecule has 3 aromatic rings. The standard InChI is InChI=1S/C24H20BrClFNO4/c1-30-21-9-8-17(26)13-20(21)28-23(29)10-7-15-11-18(25)24(22(12-15)31-2)32-14-16-5-3-4-6-19(16)27/h3-13H,14H2,1-2H3,(H,28,29)/b10-7+. The minimum atomic E-state index is -0.361. The van der Waals surface area contributed by atoms with E-state index in [1.807, 2.05) is 0 Å². The van der Waals surface area contributed by atoms with Gasteiger partial charge in [-0.1, -0.05) is 29.8 Å². The number of hydrogen-bond acceptors (Lipinski definition) is 4. The molecule has 166 valence electrons. The van der Waals surface area contributed by atoms with Gasteiger partial charge in [0.25, 0.3) is 0 Å². The molecule has 0 unspecified atom stereocenters. The summed E-state index contributed by atoms with van der Waals surface area (Å²) in [6.45, 7) is 0.0424. The molecule has 0 bridgehead atoms. The van der Waals surface area contributed by atoms with Crippen molar-refractivity contribution in [1.82, 2.24) is 0 Å². The van der Waals surface area contributed by atoms with Gasteiger partial charge in [0.15, 0.2) is 11.5 Å². The molecule has 0 aliphatic carbocycles. The SMILES string of the molecule is COc1ccc(Cl)cc1NC(=O)/C=C/c1cc(Br)c(OCc2ccccc2F)c(OC)c1. The minimum absolute atomic E-state index is 0.0424. The van der Waals surface area contributed by atoms with Gasteiger partial charge in [-0.15, -0.1) is 0 Å². The smallest absolute Gasteiger partial charge is 0.248 e. The highest BCUT2D eigenvalue weighted by atomic mass is 79.9. The van der Waals surface area contributed by atoms with Crippen LogP contribution in [0.2, 0.25) is 5.02 Å². The Balaban J connectivity index is 1.74. The normalized spacial score (nSPS) is 10.8. The Labute approximate surface area is 198 Å². The summed E-state index contributed by atoms with van der Waals surface area (Å²) in [6, 6.07) is 14.8. The van der Waals surface area contributed by atoms with Crippen LogP contribution in [0.3, 0.4) is 0 Å². The third-order valence-corrected chi connectivity index (χ3v) is 5.25. The molecule has 0 fully saturated rings. The molecule has 0 atom stereocenters. The molecular formula is C24H20BrClFNO4. The number of rotatable bonds is 8. The van der Waals surface area contributed by atoms with Gasteiger partial charge in [0.2, 0.25) is 5.91 Å². The Bertz CT molecular complexity index is 1150. The van der Waals surface area contributed by atoms with E-state index in [0.29, 0.717) is 43.6 Å². The fraction of sp³-hybridized carbons (Fsp3) is 0.125. The molecular weight excluding hydrogens is 501 g/mol. The first-order chi connectivity index (χ1) is 15.4. The summed E-state index contributed by atoms with van der Waals surface area (Å²) < 4.78 is 30.9. The van der Waals surface area contributed by atoms with E-state index in [1.165, 1.54) is 26.4 Å². The fourth-order valence-corrected chi connectivity index (χ4v) is 3.61. The van der Waals surface area contributed by atoms with E-state index >= 15 is 0 Å². The first-order valence-electron chi connectivity index (χ1n) is 9.47. The minimum Gasteiger partial charge on any atom is -0.495 e. The van der Waals surface area contributed by atoms with Crippen molar-refractivity contribution >= 4 is 45.2 Å². The van der Waals surface area contributed by atoms with Crippen LogP contribution in [0.25, 0.3) is 6.08 Å². The summed E-state index contributed by atoms with van der Waals surface area (Å²) >= 11 is 9.45. The molecule has 0 heterocycles. The summed E-state index contributed by atoms with van der Waals surface area (Å²) in [5.41, 5.74) is 1.59. The van der Waals surface area contributed by atoms with Gasteiger partial charge in [0.05, 0.1) is 24.4 Å². The van der Waals surface area contributed by atoms with Crippen LogP contribution in [0, 0.1) is 5.82 Å². The summed E-state index contributed by atoms with van der Waals surface area (Å²) in [5, 5.41) is 3.21. The first-order valence-corrected chi connectivity index (χ1v) is 10.6. The first kappa shape index (κ1) is 23.6. The van der Waals surface area contributed by atoms with Crippen LogP contribution >= 0.6 is 27.5 Å². The molecule has 0 spiro atoms. The molecule has 5 nitrogen and oxygen atoms in total. The molecule has 3 aromatic carbocycles. The van der Waals surface area contributed by atoms with Gasteiger partial charge in [-0.25, -0.2) is 4.39 Å². The quantitative estimate of drug-likeness (QED) is 0.345. The zero-order chi connectivity index (χ0) is 23.1. The second kappa shape index (κ2) is 11.0. The van der Waals surface area contributed by atoms with E-state index in [4.69, 9.17) is 25.8 Å². The summed E-state index contributed by atoms with van der Waals surface area (Å²) in [6.07, 6.45) is 3.00. The number of halogens is 3. The number of benzene rings is 3. The molecule has 32 heavy (non-hydrogen) atoms. The van der Waals surface area contributed by atoms with Crippen LogP contribution in [-0.4, -0.2) is 20.1 Å². The lowest BCUT2D eigenvalue weighted by atomic mass is 10.1. The van der Waals surface area contributed by atoms with Gasteiger partial charge in [0.1, 0.15) is 18.2 Å². The van der Waals surface area contributed by atoms with Crippen LogP contribution in [0.15, 0.2) is 65.1 Å². The molecule has 0 saturated carbocycles. The Kier molecular flexibility index (Phi) is 8.14. The number of anilines is 1. The van der Waals surface area contributed by atoms with E-state index in [-0.39, 0.29) is 18.3 Å². The number of carbonyl (C=O) groups excluding carboxylic acids is 1. The zero-order valence-electron chi connectivity index (χ0n) is 17.3. The predicted octanol–water partition coefficient (Wildman–Crippen LogP) is 6.49. The monoisotopic (exact) mass is 519 g/mol. The lowest BCUT2D eigenvalue weighted by Crippen LogP contribution is -2.08. The van der Waals surface area contributed by atoms with Crippen molar-refractivity contribution in [3.63, 3.8) is 0 Å². The number of methoxy groups -OCH3 is 2. The summed E-state index contributed by atoms with van der Waals surface area (Å²) in [7, 11) is 3.01. The maximum atomic E-state index is 13.9. The van der Waals surface area contributed by atoms with Crippen molar-refractivity contribution < 1.29 is 23.4 Å². The van der Waals surface area contributed by atoms with Crippen molar-refractivity contribution in [3.05, 3.63) is 87.1 Å². The van der Waals surface area contributed by atoms with Gasteiger partial charge in [-0.3, -0.25) is 4.79 Å². The number of hydrogen-bond donors (Lipinski definition) is 1. The highest BCUT2D eigenvalue weighted by Gasteiger charge is 2.13. The Morgan fingerprint density at radius 3 is 2.56 bits per heavy atom. The summed E-state index contributed by atoms with van der Waals surface area (Å²) in [4.78, 5) is 12.4. The topological polar surface area (TPSA) is 56.8 Å². The largest absolute Gasteiger partial charge is 0.495 e. The third-order valence-electron chi connectivity index (χ3n) is 4.43. The number of ether oxygens (including phenoxy) is 3. The fourth-order valence-electron chi connectivity index (χ4n) is 2.87.